The second-order valence-electron chi connectivity index (χ2n) is 5.45. The van der Waals surface area contributed by atoms with Gasteiger partial charge in [0.05, 0.1) is 0 Å². The third-order valence-electron chi connectivity index (χ3n) is 3.51. The van der Waals surface area contributed by atoms with Crippen molar-refractivity contribution in [3.63, 3.8) is 0 Å². The first-order valence-electron chi connectivity index (χ1n) is 7.84. The Balaban J connectivity index is 0. The minimum absolute atomic E-state index is 0. The minimum atomic E-state index is 0. The van der Waals surface area contributed by atoms with Crippen molar-refractivity contribution in [1.29, 1.82) is 0 Å². The molecule has 3 aliphatic heterocycles. The van der Waals surface area contributed by atoms with Gasteiger partial charge in [-0.15, -0.1) is 26.2 Å². The number of rotatable bonds is 0. The molecule has 132 valence electrons. The molecular formula is C14H32N6W2-2. The molecule has 0 amide bonds. The first-order valence-corrected chi connectivity index (χ1v) is 7.84. The molecule has 0 atom stereocenters. The third kappa shape index (κ3) is 16.0. The average Bonchev–Trinajstić information content (AvgIpc) is 2.52. The van der Waals surface area contributed by atoms with E-state index in [2.05, 4.69) is 45.2 Å². The summed E-state index contributed by atoms with van der Waals surface area (Å²) in [7, 11) is 4.29. The van der Waals surface area contributed by atoms with Crippen LogP contribution in [-0.4, -0.2) is 102 Å². The van der Waals surface area contributed by atoms with Crippen molar-refractivity contribution in [3.8, 4) is 0 Å². The Bertz CT molecular complexity index is 180. The molecule has 0 bridgehead atoms. The van der Waals surface area contributed by atoms with Crippen LogP contribution in [0.15, 0.2) is 0 Å². The van der Waals surface area contributed by atoms with Crippen molar-refractivity contribution in [2.45, 2.75) is 0 Å². The van der Waals surface area contributed by atoms with Gasteiger partial charge >= 0.3 is 0 Å². The maximum atomic E-state index is 4.19. The molecule has 0 spiro atoms. The Hall–Kier alpha value is 1.14. The fraction of sp³-hybridized carbons (Fsp3) is 1.00. The van der Waals surface area contributed by atoms with Crippen LogP contribution >= 0.6 is 0 Å². The third-order valence-corrected chi connectivity index (χ3v) is 3.51. The number of nitrogens with one attached hydrogen (secondary N) is 2. The van der Waals surface area contributed by atoms with Gasteiger partial charge in [0.2, 0.25) is 0 Å². The van der Waals surface area contributed by atoms with Crippen LogP contribution in [0.25, 0.3) is 10.6 Å². The topological polar surface area (TPSA) is 58.7 Å². The molecule has 0 aromatic rings. The normalized spacial score (nSPS) is 22.6. The van der Waals surface area contributed by atoms with Crippen molar-refractivity contribution in [2.75, 3.05) is 92.6 Å². The second kappa shape index (κ2) is 18.5. The Morgan fingerprint density at radius 1 is 0.591 bits per heavy atom. The fourth-order valence-corrected chi connectivity index (χ4v) is 2.04. The minimum Gasteiger partial charge on any atom is -0.660 e. The first kappa shape index (κ1) is 25.4. The molecule has 0 radical (unpaired) electrons. The summed E-state index contributed by atoms with van der Waals surface area (Å²) in [6, 6.07) is 0. The van der Waals surface area contributed by atoms with Crippen LogP contribution in [-0.2, 0) is 42.1 Å². The van der Waals surface area contributed by atoms with Gasteiger partial charge in [-0.05, 0) is 40.3 Å². The standard InChI is InChI=1S/C5H12N2.C5H11N2.C4H9N2.2W/c2*1-7-4-2-6-3-5-7;1-2-6-4-3-5-1;;/h6H,2-5H2,1H3;2-5H2,1H3;5H,1-4H2;;/q;2*-1;;. The smallest absolute Gasteiger partial charge is 0.0104 e. The van der Waals surface area contributed by atoms with Gasteiger partial charge in [0.15, 0.2) is 0 Å². The molecule has 3 rings (SSSR count). The number of piperazine rings is 3. The molecule has 3 fully saturated rings. The summed E-state index contributed by atoms with van der Waals surface area (Å²) in [6.45, 7) is 13.3. The molecular weight excluding hydrogens is 620 g/mol. The molecule has 0 saturated carbocycles. The zero-order chi connectivity index (χ0) is 14.5. The molecule has 8 heteroatoms. The van der Waals surface area contributed by atoms with E-state index in [0.717, 1.165) is 65.4 Å². The first-order chi connectivity index (χ1) is 9.79. The summed E-state index contributed by atoms with van der Waals surface area (Å²) in [5, 5.41) is 14.8. The average molecular weight is 652 g/mol. The predicted molar refractivity (Wildman–Crippen MR) is 86.9 cm³/mol. The van der Waals surface area contributed by atoms with E-state index in [9.17, 15) is 0 Å². The molecule has 0 aromatic heterocycles. The van der Waals surface area contributed by atoms with Gasteiger partial charge in [-0.1, -0.05) is 0 Å². The van der Waals surface area contributed by atoms with E-state index in [1.807, 2.05) is 0 Å². The Labute approximate surface area is 165 Å². The zero-order valence-corrected chi connectivity index (χ0v) is 20.0. The van der Waals surface area contributed by atoms with Crippen molar-refractivity contribution in [1.82, 2.24) is 20.4 Å². The van der Waals surface area contributed by atoms with Crippen LogP contribution < -0.4 is 10.6 Å². The van der Waals surface area contributed by atoms with Gasteiger partial charge in [-0.25, -0.2) is 0 Å². The number of nitrogens with zero attached hydrogens (tertiary/aromatic N) is 4. The molecule has 22 heavy (non-hydrogen) atoms. The largest absolute Gasteiger partial charge is 0.660 e. The quantitative estimate of drug-likeness (QED) is 0.381. The summed E-state index contributed by atoms with van der Waals surface area (Å²) >= 11 is 0. The zero-order valence-electron chi connectivity index (χ0n) is 14.1. The summed E-state index contributed by atoms with van der Waals surface area (Å²) in [4.78, 5) is 4.63. The van der Waals surface area contributed by atoms with E-state index >= 15 is 0 Å². The number of hydrogen-bond acceptors (Lipinski definition) is 4. The Morgan fingerprint density at radius 2 is 1.00 bits per heavy atom. The van der Waals surface area contributed by atoms with Gasteiger partial charge in [-0.2, -0.15) is 0 Å². The van der Waals surface area contributed by atoms with Gasteiger partial charge in [0.25, 0.3) is 0 Å². The summed E-state index contributed by atoms with van der Waals surface area (Å²) < 4.78 is 0. The molecule has 6 nitrogen and oxygen atoms in total. The van der Waals surface area contributed by atoms with Crippen molar-refractivity contribution < 1.29 is 42.1 Å². The molecule has 3 heterocycles. The van der Waals surface area contributed by atoms with Crippen molar-refractivity contribution >= 4 is 0 Å². The van der Waals surface area contributed by atoms with E-state index in [4.69, 9.17) is 0 Å². The van der Waals surface area contributed by atoms with Crippen LogP contribution in [0.4, 0.5) is 0 Å². The van der Waals surface area contributed by atoms with Gasteiger partial charge in [0, 0.05) is 68.3 Å². The van der Waals surface area contributed by atoms with Crippen LogP contribution in [0.1, 0.15) is 0 Å². The molecule has 0 aromatic carbocycles. The number of hydrogen-bond donors (Lipinski definition) is 2. The predicted octanol–water partition coefficient (Wildman–Crippen LogP) is -0.215. The van der Waals surface area contributed by atoms with Gasteiger partial charge < -0.3 is 31.1 Å². The van der Waals surface area contributed by atoms with Gasteiger partial charge in [0.1, 0.15) is 0 Å². The molecule has 2 N–H and O–H groups in total. The van der Waals surface area contributed by atoms with Crippen molar-refractivity contribution in [2.24, 2.45) is 0 Å². The maximum Gasteiger partial charge on any atom is 0.0104 e. The van der Waals surface area contributed by atoms with E-state index in [1.54, 1.807) is 0 Å². The van der Waals surface area contributed by atoms with E-state index in [-0.39, 0.29) is 42.1 Å². The Morgan fingerprint density at radius 3 is 1.23 bits per heavy atom. The summed E-state index contributed by atoms with van der Waals surface area (Å²) in [6.07, 6.45) is 0. The fourth-order valence-electron chi connectivity index (χ4n) is 2.04. The van der Waals surface area contributed by atoms with Crippen LogP contribution in [0, 0.1) is 0 Å². The molecule has 3 saturated heterocycles. The van der Waals surface area contributed by atoms with E-state index in [1.165, 1.54) is 13.1 Å². The second-order valence-corrected chi connectivity index (χ2v) is 5.45. The van der Waals surface area contributed by atoms with Gasteiger partial charge in [-0.3, -0.25) is 0 Å². The monoisotopic (exact) mass is 652 g/mol. The van der Waals surface area contributed by atoms with Crippen LogP contribution in [0.3, 0.4) is 0 Å². The van der Waals surface area contributed by atoms with Crippen molar-refractivity contribution in [3.05, 3.63) is 10.6 Å². The van der Waals surface area contributed by atoms with E-state index < -0.39 is 0 Å². The Kier molecular flexibility index (Phi) is 21.3. The van der Waals surface area contributed by atoms with E-state index in [0.29, 0.717) is 0 Å². The SMILES string of the molecule is C1CNCC[N-]1.CN1CCNCC1.CN1CC[N-]CC1.[W].[W]. The number of likely N-dealkylation sites (N-methyl/N-ethyl adjacent to an activating group) is 2. The van der Waals surface area contributed by atoms with Crippen LogP contribution in [0.2, 0.25) is 0 Å². The molecule has 0 aliphatic carbocycles. The van der Waals surface area contributed by atoms with Crippen LogP contribution in [0.5, 0.6) is 0 Å². The summed E-state index contributed by atoms with van der Waals surface area (Å²) in [5.74, 6) is 0. The maximum absolute atomic E-state index is 4.19. The molecule has 0 unspecified atom stereocenters. The summed E-state index contributed by atoms with van der Waals surface area (Å²) in [5.41, 5.74) is 0. The molecule has 3 aliphatic rings.